The van der Waals surface area contributed by atoms with Gasteiger partial charge in [0.1, 0.15) is 11.9 Å². The number of carbonyl (C=O) groups excluding carboxylic acids is 2. The predicted molar refractivity (Wildman–Crippen MR) is 91.0 cm³/mol. The maximum atomic E-state index is 13.2. The largest absolute Gasteiger partial charge is 0.376 e. The van der Waals surface area contributed by atoms with Gasteiger partial charge in [-0.3, -0.25) is 9.59 Å². The summed E-state index contributed by atoms with van der Waals surface area (Å²) in [5.74, 6) is -0.935. The number of hydrogen-bond acceptors (Lipinski definition) is 3. The van der Waals surface area contributed by atoms with Crippen LogP contribution in [-0.4, -0.2) is 25.4 Å². The molecule has 6 heteroatoms. The first kappa shape index (κ1) is 17.5. The molecule has 0 fully saturated rings. The standard InChI is InChI=1S/C18H20FN3O2/c1-12-10-14(8-9-15(12)19)21-11-16(23)22-17(18(24)20-2)13-6-4-3-5-7-13/h3-10,17,21H,11H2,1-2H3,(H,20,24)(H,22,23)/t17-/m1/s1. The molecule has 3 N–H and O–H groups in total. The molecule has 0 saturated heterocycles. The second-order valence-electron chi connectivity index (χ2n) is 5.34. The lowest BCUT2D eigenvalue weighted by molar-refractivity contribution is -0.128. The van der Waals surface area contributed by atoms with Crippen LogP contribution < -0.4 is 16.0 Å². The molecular formula is C18H20FN3O2. The number of benzene rings is 2. The van der Waals surface area contributed by atoms with Crippen molar-refractivity contribution in [2.75, 3.05) is 18.9 Å². The van der Waals surface area contributed by atoms with E-state index in [-0.39, 0.29) is 24.2 Å². The van der Waals surface area contributed by atoms with Gasteiger partial charge in [0.25, 0.3) is 0 Å². The average Bonchev–Trinajstić information content (AvgIpc) is 2.60. The van der Waals surface area contributed by atoms with Crippen molar-refractivity contribution in [3.8, 4) is 0 Å². The third-order valence-corrected chi connectivity index (χ3v) is 3.56. The van der Waals surface area contributed by atoms with E-state index in [1.54, 1.807) is 43.3 Å². The summed E-state index contributed by atoms with van der Waals surface area (Å²) in [6, 6.07) is 12.7. The van der Waals surface area contributed by atoms with Crippen molar-refractivity contribution < 1.29 is 14.0 Å². The predicted octanol–water partition coefficient (Wildman–Crippen LogP) is 2.15. The maximum Gasteiger partial charge on any atom is 0.246 e. The lowest BCUT2D eigenvalue weighted by Gasteiger charge is -2.18. The Morgan fingerprint density at radius 2 is 1.83 bits per heavy atom. The van der Waals surface area contributed by atoms with Crippen LogP contribution in [0.4, 0.5) is 10.1 Å². The van der Waals surface area contributed by atoms with Gasteiger partial charge in [-0.15, -0.1) is 0 Å². The summed E-state index contributed by atoms with van der Waals surface area (Å²) in [6.45, 7) is 1.63. The van der Waals surface area contributed by atoms with Gasteiger partial charge >= 0.3 is 0 Å². The van der Waals surface area contributed by atoms with Crippen molar-refractivity contribution >= 4 is 17.5 Å². The van der Waals surface area contributed by atoms with Gasteiger partial charge in [0.2, 0.25) is 11.8 Å². The minimum Gasteiger partial charge on any atom is -0.376 e. The van der Waals surface area contributed by atoms with Crippen LogP contribution in [0.2, 0.25) is 0 Å². The zero-order valence-electron chi connectivity index (χ0n) is 13.6. The summed E-state index contributed by atoms with van der Waals surface area (Å²) in [4.78, 5) is 24.2. The smallest absolute Gasteiger partial charge is 0.246 e. The second kappa shape index (κ2) is 8.10. The molecule has 126 valence electrons. The molecule has 2 aromatic carbocycles. The Labute approximate surface area is 140 Å². The fraction of sp³-hybridized carbons (Fsp3) is 0.222. The number of halogens is 1. The molecule has 0 aromatic heterocycles. The Balaban J connectivity index is 2.00. The van der Waals surface area contributed by atoms with E-state index in [0.717, 1.165) is 0 Å². The number of nitrogens with one attached hydrogen (secondary N) is 3. The highest BCUT2D eigenvalue weighted by Crippen LogP contribution is 2.14. The molecule has 2 amide bonds. The van der Waals surface area contributed by atoms with Crippen LogP contribution in [0.15, 0.2) is 48.5 Å². The first-order chi connectivity index (χ1) is 11.5. The van der Waals surface area contributed by atoms with Crippen LogP contribution in [0.3, 0.4) is 0 Å². The minimum atomic E-state index is -0.763. The van der Waals surface area contributed by atoms with Gasteiger partial charge in [-0.05, 0) is 36.2 Å². The van der Waals surface area contributed by atoms with Gasteiger partial charge < -0.3 is 16.0 Å². The normalized spacial score (nSPS) is 11.5. The summed E-state index contributed by atoms with van der Waals surface area (Å²) >= 11 is 0. The van der Waals surface area contributed by atoms with Crippen molar-refractivity contribution in [3.63, 3.8) is 0 Å². The summed E-state index contributed by atoms with van der Waals surface area (Å²) in [5.41, 5.74) is 1.83. The summed E-state index contributed by atoms with van der Waals surface area (Å²) in [7, 11) is 1.52. The highest BCUT2D eigenvalue weighted by atomic mass is 19.1. The highest BCUT2D eigenvalue weighted by Gasteiger charge is 2.21. The van der Waals surface area contributed by atoms with Crippen molar-refractivity contribution in [2.45, 2.75) is 13.0 Å². The molecule has 0 unspecified atom stereocenters. The molecule has 24 heavy (non-hydrogen) atoms. The van der Waals surface area contributed by atoms with Crippen molar-refractivity contribution in [1.29, 1.82) is 0 Å². The molecule has 1 atom stereocenters. The topological polar surface area (TPSA) is 70.2 Å². The zero-order valence-corrected chi connectivity index (χ0v) is 13.6. The molecule has 0 radical (unpaired) electrons. The lowest BCUT2D eigenvalue weighted by Crippen LogP contribution is -2.41. The average molecular weight is 329 g/mol. The van der Waals surface area contributed by atoms with E-state index in [4.69, 9.17) is 0 Å². The molecule has 2 rings (SSSR count). The lowest BCUT2D eigenvalue weighted by atomic mass is 10.1. The Bertz CT molecular complexity index is 719. The van der Waals surface area contributed by atoms with E-state index < -0.39 is 6.04 Å². The molecule has 0 bridgehead atoms. The van der Waals surface area contributed by atoms with Crippen LogP contribution in [0, 0.1) is 12.7 Å². The molecule has 0 aliphatic heterocycles. The van der Waals surface area contributed by atoms with E-state index in [1.165, 1.54) is 13.1 Å². The second-order valence-corrected chi connectivity index (χ2v) is 5.34. The van der Waals surface area contributed by atoms with E-state index in [1.807, 2.05) is 6.07 Å². The van der Waals surface area contributed by atoms with Gasteiger partial charge in [-0.25, -0.2) is 4.39 Å². The first-order valence-corrected chi connectivity index (χ1v) is 7.57. The fourth-order valence-electron chi connectivity index (χ4n) is 2.24. The monoisotopic (exact) mass is 329 g/mol. The van der Waals surface area contributed by atoms with Crippen LogP contribution >= 0.6 is 0 Å². The van der Waals surface area contributed by atoms with E-state index in [2.05, 4.69) is 16.0 Å². The van der Waals surface area contributed by atoms with Crippen LogP contribution in [0.25, 0.3) is 0 Å². The van der Waals surface area contributed by atoms with Gasteiger partial charge in [0.05, 0.1) is 6.54 Å². The Kier molecular flexibility index (Phi) is 5.89. The SMILES string of the molecule is CNC(=O)[C@H](NC(=O)CNc1ccc(F)c(C)c1)c1ccccc1. The fourth-order valence-corrected chi connectivity index (χ4v) is 2.24. The zero-order chi connectivity index (χ0) is 17.5. The number of aryl methyl sites for hydroxylation is 1. The first-order valence-electron chi connectivity index (χ1n) is 7.57. The van der Waals surface area contributed by atoms with Crippen LogP contribution in [0.1, 0.15) is 17.2 Å². The third-order valence-electron chi connectivity index (χ3n) is 3.56. The molecular weight excluding hydrogens is 309 g/mol. The van der Waals surface area contributed by atoms with Crippen LogP contribution in [-0.2, 0) is 9.59 Å². The Morgan fingerprint density at radius 3 is 2.46 bits per heavy atom. The Morgan fingerprint density at radius 1 is 1.12 bits per heavy atom. The summed E-state index contributed by atoms with van der Waals surface area (Å²) in [5, 5.41) is 8.15. The third kappa shape index (κ3) is 4.55. The van der Waals surface area contributed by atoms with E-state index >= 15 is 0 Å². The number of carbonyl (C=O) groups is 2. The summed E-state index contributed by atoms with van der Waals surface area (Å²) in [6.07, 6.45) is 0. The van der Waals surface area contributed by atoms with Gasteiger partial charge in [0.15, 0.2) is 0 Å². The molecule has 0 saturated carbocycles. The minimum absolute atomic E-state index is 0.0224. The van der Waals surface area contributed by atoms with Gasteiger partial charge in [0, 0.05) is 12.7 Å². The molecule has 0 aliphatic carbocycles. The molecule has 0 aliphatic rings. The summed E-state index contributed by atoms with van der Waals surface area (Å²) < 4.78 is 13.2. The molecule has 5 nitrogen and oxygen atoms in total. The van der Waals surface area contributed by atoms with Crippen molar-refractivity contribution in [1.82, 2.24) is 10.6 Å². The molecule has 0 heterocycles. The number of amides is 2. The maximum absolute atomic E-state index is 13.2. The molecule has 2 aromatic rings. The van der Waals surface area contributed by atoms with E-state index in [0.29, 0.717) is 16.8 Å². The number of hydrogen-bond donors (Lipinski definition) is 3. The highest BCUT2D eigenvalue weighted by molar-refractivity contribution is 5.89. The van der Waals surface area contributed by atoms with Gasteiger partial charge in [-0.1, -0.05) is 30.3 Å². The number of anilines is 1. The van der Waals surface area contributed by atoms with E-state index in [9.17, 15) is 14.0 Å². The van der Waals surface area contributed by atoms with Crippen LogP contribution in [0.5, 0.6) is 0 Å². The Hall–Kier alpha value is -2.89. The van der Waals surface area contributed by atoms with Gasteiger partial charge in [-0.2, -0.15) is 0 Å². The molecule has 0 spiro atoms. The van der Waals surface area contributed by atoms with Crippen molar-refractivity contribution in [2.24, 2.45) is 0 Å². The quantitative estimate of drug-likeness (QED) is 0.760. The van der Waals surface area contributed by atoms with Crippen molar-refractivity contribution in [3.05, 3.63) is 65.5 Å². The number of rotatable bonds is 6. The number of likely N-dealkylation sites (N-methyl/N-ethyl adjacent to an activating group) is 1.